The fourth-order valence-electron chi connectivity index (χ4n) is 1.28. The van der Waals surface area contributed by atoms with Crippen LogP contribution in [0.1, 0.15) is 32.8 Å². The molecule has 2 N–H and O–H groups in total. The first-order chi connectivity index (χ1) is 7.58. The van der Waals surface area contributed by atoms with Gasteiger partial charge in [0.05, 0.1) is 12.3 Å². The predicted octanol–water partition coefficient (Wildman–Crippen LogP) is 2.62. The maximum absolute atomic E-state index is 5.66. The summed E-state index contributed by atoms with van der Waals surface area (Å²) in [6.45, 7) is 5.98. The molecule has 16 heavy (non-hydrogen) atoms. The predicted molar refractivity (Wildman–Crippen MR) is 67.3 cm³/mol. The fraction of sp³-hybridized carbons (Fsp3) is 0.462. The molecule has 88 valence electrons. The van der Waals surface area contributed by atoms with E-state index in [1.54, 1.807) is 6.20 Å². The van der Waals surface area contributed by atoms with Gasteiger partial charge in [-0.15, -0.1) is 0 Å². The van der Waals surface area contributed by atoms with E-state index in [2.05, 4.69) is 11.1 Å². The summed E-state index contributed by atoms with van der Waals surface area (Å²) < 4.78 is 5.56. The summed E-state index contributed by atoms with van der Waals surface area (Å²) in [5.74, 6) is 0.804. The topological polar surface area (TPSA) is 48.1 Å². The van der Waals surface area contributed by atoms with Gasteiger partial charge in [0.25, 0.3) is 0 Å². The van der Waals surface area contributed by atoms with Crippen LogP contribution in [0.15, 0.2) is 24.5 Å². The number of rotatable bonds is 5. The molecular formula is C13H20N2O. The van der Waals surface area contributed by atoms with Crippen LogP contribution in [0, 0.1) is 0 Å². The molecule has 0 bridgehead atoms. The second kappa shape index (κ2) is 6.28. The number of nitrogens with zero attached hydrogens (tertiary/aromatic N) is 1. The van der Waals surface area contributed by atoms with Crippen LogP contribution in [-0.4, -0.2) is 17.1 Å². The minimum atomic E-state index is 0.171. The molecule has 0 radical (unpaired) electrons. The van der Waals surface area contributed by atoms with Gasteiger partial charge in [-0.3, -0.25) is 4.98 Å². The quantitative estimate of drug-likeness (QED) is 0.829. The lowest BCUT2D eigenvalue weighted by Gasteiger charge is -2.09. The van der Waals surface area contributed by atoms with Crippen molar-refractivity contribution in [3.05, 3.63) is 30.1 Å². The maximum Gasteiger partial charge on any atom is 0.138 e. The standard InChI is InChI=1S/C13H20N2O/c1-10(2)16-13-7-12(8-15-9-13)6-4-5-11(3)14/h4,6-11H,5,14H2,1-3H3/b6-4-/t11-/m0/s1. The Bertz CT molecular complexity index is 346. The normalized spacial score (nSPS) is 13.3. The van der Waals surface area contributed by atoms with Crippen LogP contribution >= 0.6 is 0 Å². The number of nitrogens with two attached hydrogens (primary N) is 1. The summed E-state index contributed by atoms with van der Waals surface area (Å²) in [5, 5.41) is 0. The Hall–Kier alpha value is -1.35. The molecular weight excluding hydrogens is 200 g/mol. The highest BCUT2D eigenvalue weighted by Crippen LogP contribution is 2.14. The molecule has 1 aromatic heterocycles. The van der Waals surface area contributed by atoms with Crippen molar-refractivity contribution in [3.8, 4) is 5.75 Å². The molecule has 0 fully saturated rings. The van der Waals surface area contributed by atoms with E-state index in [0.29, 0.717) is 0 Å². The van der Waals surface area contributed by atoms with Crippen LogP contribution in [0.5, 0.6) is 5.75 Å². The van der Waals surface area contributed by atoms with Crippen LogP contribution in [0.2, 0.25) is 0 Å². The lowest BCUT2D eigenvalue weighted by molar-refractivity contribution is 0.241. The largest absolute Gasteiger partial charge is 0.489 e. The lowest BCUT2D eigenvalue weighted by atomic mass is 10.2. The maximum atomic E-state index is 5.66. The highest BCUT2D eigenvalue weighted by molar-refractivity contribution is 5.49. The van der Waals surface area contributed by atoms with Gasteiger partial charge < -0.3 is 10.5 Å². The number of pyridine rings is 1. The average Bonchev–Trinajstić information content (AvgIpc) is 2.16. The Morgan fingerprint density at radius 1 is 1.38 bits per heavy atom. The van der Waals surface area contributed by atoms with Gasteiger partial charge in [0.15, 0.2) is 0 Å². The molecule has 0 amide bonds. The van der Waals surface area contributed by atoms with Crippen LogP contribution in [0.25, 0.3) is 6.08 Å². The Kier molecular flexibility index (Phi) is 4.99. The van der Waals surface area contributed by atoms with E-state index < -0.39 is 0 Å². The van der Waals surface area contributed by atoms with E-state index in [4.69, 9.17) is 10.5 Å². The molecule has 0 aromatic carbocycles. The Morgan fingerprint density at radius 3 is 2.75 bits per heavy atom. The van der Waals surface area contributed by atoms with Gasteiger partial charge in [-0.2, -0.15) is 0 Å². The zero-order valence-corrected chi connectivity index (χ0v) is 10.2. The van der Waals surface area contributed by atoms with Crippen molar-refractivity contribution in [1.29, 1.82) is 0 Å². The van der Waals surface area contributed by atoms with Gasteiger partial charge in [-0.25, -0.2) is 0 Å². The first-order valence-corrected chi connectivity index (χ1v) is 5.61. The van der Waals surface area contributed by atoms with Crippen molar-refractivity contribution in [3.63, 3.8) is 0 Å². The molecule has 3 heteroatoms. The second-order valence-electron chi connectivity index (χ2n) is 4.24. The van der Waals surface area contributed by atoms with Gasteiger partial charge in [-0.1, -0.05) is 12.2 Å². The summed E-state index contributed by atoms with van der Waals surface area (Å²) in [6.07, 6.45) is 8.65. The molecule has 1 aromatic rings. The Labute approximate surface area is 97.3 Å². The van der Waals surface area contributed by atoms with Crippen molar-refractivity contribution < 1.29 is 4.74 Å². The van der Waals surface area contributed by atoms with Crippen LogP contribution < -0.4 is 10.5 Å². The summed E-state index contributed by atoms with van der Waals surface area (Å²) >= 11 is 0. The monoisotopic (exact) mass is 220 g/mol. The van der Waals surface area contributed by atoms with Crippen molar-refractivity contribution in [1.82, 2.24) is 4.98 Å². The number of ether oxygens (including phenoxy) is 1. The van der Waals surface area contributed by atoms with Gasteiger partial charge >= 0.3 is 0 Å². The summed E-state index contributed by atoms with van der Waals surface area (Å²) in [4.78, 5) is 4.13. The number of hydrogen-bond donors (Lipinski definition) is 1. The van der Waals surface area contributed by atoms with Crippen molar-refractivity contribution in [2.45, 2.75) is 39.3 Å². The van der Waals surface area contributed by atoms with Crippen LogP contribution in [-0.2, 0) is 0 Å². The fourth-order valence-corrected chi connectivity index (χ4v) is 1.28. The first-order valence-electron chi connectivity index (χ1n) is 5.61. The lowest BCUT2D eigenvalue weighted by Crippen LogP contribution is -2.12. The Morgan fingerprint density at radius 2 is 2.12 bits per heavy atom. The van der Waals surface area contributed by atoms with E-state index >= 15 is 0 Å². The molecule has 0 spiro atoms. The molecule has 0 aliphatic heterocycles. The molecule has 0 saturated carbocycles. The van der Waals surface area contributed by atoms with Crippen LogP contribution in [0.4, 0.5) is 0 Å². The molecule has 0 saturated heterocycles. The van der Waals surface area contributed by atoms with Crippen molar-refractivity contribution >= 4 is 6.08 Å². The molecule has 1 rings (SSSR count). The van der Waals surface area contributed by atoms with Crippen LogP contribution in [0.3, 0.4) is 0 Å². The van der Waals surface area contributed by atoms with E-state index in [1.165, 1.54) is 0 Å². The molecule has 1 atom stereocenters. The van der Waals surface area contributed by atoms with Crippen molar-refractivity contribution in [2.24, 2.45) is 5.73 Å². The molecule has 3 nitrogen and oxygen atoms in total. The first kappa shape index (κ1) is 12.7. The zero-order chi connectivity index (χ0) is 12.0. The van der Waals surface area contributed by atoms with E-state index in [-0.39, 0.29) is 12.1 Å². The van der Waals surface area contributed by atoms with E-state index in [9.17, 15) is 0 Å². The molecule has 0 unspecified atom stereocenters. The third kappa shape index (κ3) is 4.94. The number of aromatic nitrogens is 1. The van der Waals surface area contributed by atoms with Crippen molar-refractivity contribution in [2.75, 3.05) is 0 Å². The minimum Gasteiger partial charge on any atom is -0.489 e. The van der Waals surface area contributed by atoms with Gasteiger partial charge in [0, 0.05) is 12.2 Å². The van der Waals surface area contributed by atoms with Gasteiger partial charge in [0.1, 0.15) is 5.75 Å². The van der Waals surface area contributed by atoms with E-state index in [1.807, 2.05) is 39.1 Å². The highest BCUT2D eigenvalue weighted by Gasteiger charge is 1.98. The van der Waals surface area contributed by atoms with Gasteiger partial charge in [0.2, 0.25) is 0 Å². The summed E-state index contributed by atoms with van der Waals surface area (Å²) in [7, 11) is 0. The average molecular weight is 220 g/mol. The third-order valence-corrected chi connectivity index (χ3v) is 1.92. The zero-order valence-electron chi connectivity index (χ0n) is 10.2. The Balaban J connectivity index is 2.63. The SMILES string of the molecule is CC(C)Oc1cncc(/C=C\C[C@H](C)N)c1. The highest BCUT2D eigenvalue weighted by atomic mass is 16.5. The van der Waals surface area contributed by atoms with E-state index in [0.717, 1.165) is 17.7 Å². The smallest absolute Gasteiger partial charge is 0.138 e. The minimum absolute atomic E-state index is 0.171. The molecule has 0 aliphatic rings. The summed E-state index contributed by atoms with van der Waals surface area (Å²) in [6, 6.07) is 2.17. The number of hydrogen-bond acceptors (Lipinski definition) is 3. The van der Waals surface area contributed by atoms with Gasteiger partial charge in [-0.05, 0) is 38.8 Å². The summed E-state index contributed by atoms with van der Waals surface area (Å²) in [5.41, 5.74) is 6.70. The second-order valence-corrected chi connectivity index (χ2v) is 4.24. The molecule has 0 aliphatic carbocycles. The third-order valence-electron chi connectivity index (χ3n) is 1.92. The molecule has 1 heterocycles.